The lowest BCUT2D eigenvalue weighted by molar-refractivity contribution is -0.439. The molecule has 0 aromatic heterocycles. The predicted molar refractivity (Wildman–Crippen MR) is 162 cm³/mol. The number of aliphatic hydroxyl groups is 2. The van der Waals surface area contributed by atoms with Gasteiger partial charge in [-0.15, -0.1) is 0 Å². The Balaban J connectivity index is 0.000000278. The van der Waals surface area contributed by atoms with Gasteiger partial charge in [-0.3, -0.25) is 9.47 Å². The van der Waals surface area contributed by atoms with Gasteiger partial charge in [0.25, 0.3) is 0 Å². The minimum Gasteiger partial charge on any atom is -0.374 e. The van der Waals surface area contributed by atoms with Gasteiger partial charge in [0.2, 0.25) is 0 Å². The van der Waals surface area contributed by atoms with Crippen molar-refractivity contribution < 1.29 is 86.3 Å². The highest BCUT2D eigenvalue weighted by Crippen LogP contribution is 2.50. The van der Waals surface area contributed by atoms with Crippen molar-refractivity contribution in [3.8, 4) is 0 Å². The summed E-state index contributed by atoms with van der Waals surface area (Å²) in [6, 6.07) is -9.56. The highest BCUT2D eigenvalue weighted by Gasteiger charge is 2.58. The molecule has 3 saturated carbocycles. The summed E-state index contributed by atoms with van der Waals surface area (Å²) >= 11 is 0. The Kier molecular flexibility index (Phi) is 18.1. The maximum absolute atomic E-state index is 12.9. The van der Waals surface area contributed by atoms with Crippen molar-refractivity contribution in [2.45, 2.75) is 102 Å². The Morgan fingerprint density at radius 2 is 1.14 bits per heavy atom. The molecule has 2 N–H and O–H groups in total. The SMILES string of the molecule is CCO[Si](C)(OCC)OCC.OC(F)(OCOC(CF)C1CC2C=CC1C2)C(F)(F)F.OC(F)(OCOC(CF)C1CC2CCC1C2)C(F)(F)F. The second-order valence-corrected chi connectivity index (χ2v) is 15.4. The van der Waals surface area contributed by atoms with Gasteiger partial charge in [-0.05, 0) is 88.4 Å². The number of alkyl halides is 10. The van der Waals surface area contributed by atoms with E-state index in [0.29, 0.717) is 44.0 Å². The molecule has 0 spiro atoms. The summed E-state index contributed by atoms with van der Waals surface area (Å²) in [5, 5.41) is 16.8. The molecule has 20 heteroatoms. The van der Waals surface area contributed by atoms with Gasteiger partial charge < -0.3 is 33.0 Å². The molecule has 9 nitrogen and oxygen atoms in total. The molecule has 10 atom stereocenters. The smallest absolute Gasteiger partial charge is 0.374 e. The molecule has 4 rings (SSSR count). The first-order valence-corrected chi connectivity index (χ1v) is 19.1. The van der Waals surface area contributed by atoms with E-state index < -0.39 is 72.4 Å². The molecular formula is C31H50F10O9Si. The maximum atomic E-state index is 12.9. The number of hydrogen-bond acceptors (Lipinski definition) is 9. The van der Waals surface area contributed by atoms with Gasteiger partial charge in [0, 0.05) is 26.4 Å². The molecule has 0 amide bonds. The number of ether oxygens (including phenoxy) is 4. The summed E-state index contributed by atoms with van der Waals surface area (Å²) in [4.78, 5) is 0. The van der Waals surface area contributed by atoms with Crippen LogP contribution in [0.4, 0.5) is 43.9 Å². The van der Waals surface area contributed by atoms with Crippen molar-refractivity contribution in [2.24, 2.45) is 35.5 Å². The second kappa shape index (κ2) is 20.0. The van der Waals surface area contributed by atoms with Crippen molar-refractivity contribution in [3.05, 3.63) is 12.2 Å². The average Bonchev–Trinajstić information content (AvgIpc) is 3.85. The van der Waals surface area contributed by atoms with Gasteiger partial charge in [-0.25, -0.2) is 8.78 Å². The molecule has 302 valence electrons. The zero-order valence-electron chi connectivity index (χ0n) is 29.0. The van der Waals surface area contributed by atoms with Crippen molar-refractivity contribution in [2.75, 3.05) is 46.8 Å². The highest BCUT2D eigenvalue weighted by molar-refractivity contribution is 6.59. The Bertz CT molecular complexity index is 1020. The fourth-order valence-electron chi connectivity index (χ4n) is 7.04. The number of halogens is 10. The fourth-order valence-corrected chi connectivity index (χ4v) is 8.86. The first kappa shape index (κ1) is 46.1. The molecule has 0 saturated heterocycles. The number of fused-ring (bicyclic) bond motifs is 4. The van der Waals surface area contributed by atoms with Crippen LogP contribution in [-0.4, -0.2) is 102 Å². The van der Waals surface area contributed by atoms with Crippen LogP contribution in [0.3, 0.4) is 0 Å². The molecule has 0 heterocycles. The van der Waals surface area contributed by atoms with Crippen LogP contribution in [0.25, 0.3) is 0 Å². The summed E-state index contributed by atoms with van der Waals surface area (Å²) in [5.74, 6) is 1.09. The normalized spacial score (nSPS) is 29.1. The third-order valence-electron chi connectivity index (χ3n) is 9.37. The minimum atomic E-state index is -5.59. The summed E-state index contributed by atoms with van der Waals surface area (Å²) in [5.41, 5.74) is 0. The van der Waals surface area contributed by atoms with Gasteiger partial charge in [0.15, 0.2) is 13.6 Å². The van der Waals surface area contributed by atoms with Gasteiger partial charge in [-0.2, -0.15) is 35.1 Å². The van der Waals surface area contributed by atoms with E-state index in [1.165, 1.54) is 0 Å². The first-order valence-electron chi connectivity index (χ1n) is 16.9. The summed E-state index contributed by atoms with van der Waals surface area (Å²) in [6.45, 7) is 5.65. The van der Waals surface area contributed by atoms with Crippen LogP contribution >= 0.6 is 0 Å². The van der Waals surface area contributed by atoms with Crippen LogP contribution in [0.2, 0.25) is 6.55 Å². The lowest BCUT2D eigenvalue weighted by Crippen LogP contribution is -2.44. The van der Waals surface area contributed by atoms with E-state index in [4.69, 9.17) is 33.0 Å². The average molecular weight is 785 g/mol. The lowest BCUT2D eigenvalue weighted by atomic mass is 9.85. The van der Waals surface area contributed by atoms with Gasteiger partial charge in [-0.1, -0.05) is 18.6 Å². The summed E-state index contributed by atoms with van der Waals surface area (Å²) in [6.07, 6.45) is -3.68. The first-order chi connectivity index (χ1) is 23.7. The lowest BCUT2D eigenvalue weighted by Gasteiger charge is -2.29. The van der Waals surface area contributed by atoms with Crippen LogP contribution in [0.5, 0.6) is 0 Å². The monoisotopic (exact) mass is 784 g/mol. The molecule has 0 aromatic carbocycles. The topological polar surface area (TPSA) is 105 Å². The molecule has 10 unspecified atom stereocenters. The van der Waals surface area contributed by atoms with E-state index in [9.17, 15) is 43.9 Å². The van der Waals surface area contributed by atoms with Gasteiger partial charge in [0.05, 0.1) is 12.2 Å². The molecular weight excluding hydrogens is 734 g/mol. The minimum absolute atomic E-state index is 0.0686. The van der Waals surface area contributed by atoms with Crippen LogP contribution < -0.4 is 0 Å². The van der Waals surface area contributed by atoms with E-state index in [2.05, 4.69) is 9.47 Å². The zero-order valence-corrected chi connectivity index (χ0v) is 30.0. The van der Waals surface area contributed by atoms with Crippen molar-refractivity contribution >= 4 is 8.80 Å². The third-order valence-corrected chi connectivity index (χ3v) is 11.8. The van der Waals surface area contributed by atoms with Gasteiger partial charge >= 0.3 is 33.2 Å². The molecule has 0 radical (unpaired) electrons. The molecule has 0 aromatic rings. The molecule has 4 aliphatic carbocycles. The number of rotatable bonds is 18. The van der Waals surface area contributed by atoms with Crippen LogP contribution in [0.15, 0.2) is 12.2 Å². The van der Waals surface area contributed by atoms with Gasteiger partial charge in [0.1, 0.15) is 13.3 Å². The number of hydrogen-bond donors (Lipinski definition) is 2. The van der Waals surface area contributed by atoms with E-state index >= 15 is 0 Å². The second-order valence-electron chi connectivity index (χ2n) is 12.8. The molecule has 4 aliphatic rings. The molecule has 0 aliphatic heterocycles. The maximum Gasteiger partial charge on any atom is 0.497 e. The predicted octanol–water partition coefficient (Wildman–Crippen LogP) is 7.30. The van der Waals surface area contributed by atoms with E-state index in [-0.39, 0.29) is 17.8 Å². The fraction of sp³-hybridized carbons (Fsp3) is 0.935. The Morgan fingerprint density at radius 1 is 0.667 bits per heavy atom. The Labute approximate surface area is 292 Å². The Hall–Kier alpha value is -1.10. The van der Waals surface area contributed by atoms with Crippen LogP contribution in [0, 0.1) is 35.5 Å². The number of allylic oxidation sites excluding steroid dienone is 2. The molecule has 3 fully saturated rings. The standard InChI is InChI=1S/C12H17F5O3.C12H15F5O3.C7H18O3Si/c2*13-5-10(9-4-7-1-2-8(9)3-7)19-6-20-12(17,18)11(14,15)16;1-5-8-11(4,9-6-2)10-7-3/h7-10,18H,1-6H2;1-2,7-10,18H,3-6H2;5-7H2,1-4H3. The zero-order chi connectivity index (χ0) is 38.7. The Morgan fingerprint density at radius 3 is 1.45 bits per heavy atom. The van der Waals surface area contributed by atoms with Crippen molar-refractivity contribution in [3.63, 3.8) is 0 Å². The van der Waals surface area contributed by atoms with Crippen molar-refractivity contribution in [1.82, 2.24) is 0 Å². The third kappa shape index (κ3) is 13.6. The van der Waals surface area contributed by atoms with E-state index in [1.807, 2.05) is 39.5 Å². The molecule has 4 bridgehead atoms. The van der Waals surface area contributed by atoms with E-state index in [0.717, 1.165) is 32.1 Å². The quantitative estimate of drug-likeness (QED) is 0.0642. The summed E-state index contributed by atoms with van der Waals surface area (Å²) < 4.78 is 156. The highest BCUT2D eigenvalue weighted by atomic mass is 28.4. The van der Waals surface area contributed by atoms with Crippen LogP contribution in [0.1, 0.15) is 59.3 Å². The van der Waals surface area contributed by atoms with Crippen LogP contribution in [-0.2, 0) is 32.2 Å². The molecule has 51 heavy (non-hydrogen) atoms. The van der Waals surface area contributed by atoms with E-state index in [1.54, 1.807) is 0 Å². The largest absolute Gasteiger partial charge is 0.497 e. The summed E-state index contributed by atoms with van der Waals surface area (Å²) in [7, 11) is -2.25. The van der Waals surface area contributed by atoms with Crippen molar-refractivity contribution in [1.29, 1.82) is 0 Å².